The number of likely N-dealkylation sites (tertiary alicyclic amines) is 1. The molecule has 0 aliphatic carbocycles. The number of phenols is 2. The van der Waals surface area contributed by atoms with Crippen molar-refractivity contribution < 1.29 is 10.2 Å². The van der Waals surface area contributed by atoms with Crippen molar-refractivity contribution in [3.8, 4) is 11.5 Å². The number of hydrogen-bond donors (Lipinski definition) is 3. The normalized spacial score (nSPS) is 18.1. The van der Waals surface area contributed by atoms with E-state index in [1.165, 1.54) is 25.9 Å². The van der Waals surface area contributed by atoms with Gasteiger partial charge in [-0.3, -0.25) is 0 Å². The first-order valence-electron chi connectivity index (χ1n) is 6.65. The number of benzene rings is 1. The molecule has 4 nitrogen and oxygen atoms in total. The third kappa shape index (κ3) is 3.15. The van der Waals surface area contributed by atoms with Gasteiger partial charge in [0.1, 0.15) is 11.5 Å². The molecule has 0 amide bonds. The Morgan fingerprint density at radius 2 is 1.83 bits per heavy atom. The number of aromatic hydroxyl groups is 2. The number of rotatable bonds is 5. The van der Waals surface area contributed by atoms with E-state index in [4.69, 9.17) is 0 Å². The van der Waals surface area contributed by atoms with E-state index in [2.05, 4.69) is 10.2 Å². The van der Waals surface area contributed by atoms with Gasteiger partial charge in [-0.05, 0) is 45.0 Å². The van der Waals surface area contributed by atoms with Crippen molar-refractivity contribution in [1.29, 1.82) is 0 Å². The van der Waals surface area contributed by atoms with Crippen molar-refractivity contribution in [3.63, 3.8) is 0 Å². The van der Waals surface area contributed by atoms with Gasteiger partial charge >= 0.3 is 0 Å². The second kappa shape index (κ2) is 6.07. The zero-order valence-electron chi connectivity index (χ0n) is 10.9. The summed E-state index contributed by atoms with van der Waals surface area (Å²) < 4.78 is 0. The highest BCUT2D eigenvalue weighted by atomic mass is 16.3. The summed E-state index contributed by atoms with van der Waals surface area (Å²) in [4.78, 5) is 2.43. The first kappa shape index (κ1) is 13.2. The minimum atomic E-state index is -0.0474. The molecule has 3 N–H and O–H groups in total. The topological polar surface area (TPSA) is 55.7 Å². The van der Waals surface area contributed by atoms with E-state index in [1.54, 1.807) is 18.2 Å². The second-order valence-corrected chi connectivity index (χ2v) is 4.93. The summed E-state index contributed by atoms with van der Waals surface area (Å²) in [6.07, 6.45) is 2.60. The standard InChI is InChI=1S/C14H22N2O2/c1-11(14-12(17)5-4-6-13(14)18)15-7-10-16-8-2-3-9-16/h4-6,11,15,17-18H,2-3,7-10H2,1H3. The summed E-state index contributed by atoms with van der Waals surface area (Å²) in [6.45, 7) is 6.24. The predicted octanol–water partition coefficient (Wildman–Crippen LogP) is 1.84. The zero-order valence-corrected chi connectivity index (χ0v) is 10.9. The molecule has 1 aromatic carbocycles. The molecular weight excluding hydrogens is 228 g/mol. The van der Waals surface area contributed by atoms with Gasteiger partial charge in [-0.25, -0.2) is 0 Å². The average molecular weight is 250 g/mol. The van der Waals surface area contributed by atoms with Crippen LogP contribution >= 0.6 is 0 Å². The molecule has 0 bridgehead atoms. The van der Waals surface area contributed by atoms with Gasteiger partial charge in [0.15, 0.2) is 0 Å². The van der Waals surface area contributed by atoms with Crippen LogP contribution in [0.2, 0.25) is 0 Å². The van der Waals surface area contributed by atoms with Crippen LogP contribution in [0.3, 0.4) is 0 Å². The van der Waals surface area contributed by atoms with Gasteiger partial charge in [-0.2, -0.15) is 0 Å². The maximum atomic E-state index is 9.76. The summed E-state index contributed by atoms with van der Waals surface area (Å²) in [5, 5.41) is 22.9. The molecule has 1 heterocycles. The Kier molecular flexibility index (Phi) is 4.44. The van der Waals surface area contributed by atoms with Crippen molar-refractivity contribution in [1.82, 2.24) is 10.2 Å². The summed E-state index contributed by atoms with van der Waals surface area (Å²) >= 11 is 0. The van der Waals surface area contributed by atoms with Crippen LogP contribution in [-0.2, 0) is 0 Å². The molecule has 4 heteroatoms. The lowest BCUT2D eigenvalue weighted by molar-refractivity contribution is 0.327. The third-order valence-corrected chi connectivity index (χ3v) is 3.57. The van der Waals surface area contributed by atoms with Gasteiger partial charge in [0, 0.05) is 19.1 Å². The van der Waals surface area contributed by atoms with Gasteiger partial charge in [0.25, 0.3) is 0 Å². The highest BCUT2D eigenvalue weighted by molar-refractivity contribution is 5.44. The van der Waals surface area contributed by atoms with E-state index < -0.39 is 0 Å². The Hall–Kier alpha value is -1.26. The van der Waals surface area contributed by atoms with Crippen LogP contribution in [0.4, 0.5) is 0 Å². The van der Waals surface area contributed by atoms with Gasteiger partial charge < -0.3 is 20.4 Å². The summed E-state index contributed by atoms with van der Waals surface area (Å²) in [5.41, 5.74) is 0.582. The maximum absolute atomic E-state index is 9.76. The lowest BCUT2D eigenvalue weighted by Gasteiger charge is -2.19. The van der Waals surface area contributed by atoms with E-state index >= 15 is 0 Å². The number of nitrogens with one attached hydrogen (secondary N) is 1. The minimum absolute atomic E-state index is 0.0474. The minimum Gasteiger partial charge on any atom is -0.507 e. The molecule has 18 heavy (non-hydrogen) atoms. The van der Waals surface area contributed by atoms with Crippen molar-refractivity contribution in [2.24, 2.45) is 0 Å². The summed E-state index contributed by atoms with van der Waals surface area (Å²) in [7, 11) is 0. The highest BCUT2D eigenvalue weighted by Crippen LogP contribution is 2.31. The Morgan fingerprint density at radius 1 is 1.22 bits per heavy atom. The van der Waals surface area contributed by atoms with E-state index in [0.717, 1.165) is 13.1 Å². The molecule has 1 aliphatic rings. The fourth-order valence-electron chi connectivity index (χ4n) is 2.53. The fraction of sp³-hybridized carbons (Fsp3) is 0.571. The van der Waals surface area contributed by atoms with Gasteiger partial charge in [0.2, 0.25) is 0 Å². The number of phenolic OH excluding ortho intramolecular Hbond substituents is 2. The molecule has 0 spiro atoms. The Balaban J connectivity index is 1.85. The Bertz CT molecular complexity index is 369. The zero-order chi connectivity index (χ0) is 13.0. The van der Waals surface area contributed by atoms with Crippen molar-refractivity contribution >= 4 is 0 Å². The quantitative estimate of drug-likeness (QED) is 0.746. The average Bonchev–Trinajstić information content (AvgIpc) is 2.82. The van der Waals surface area contributed by atoms with E-state index in [0.29, 0.717) is 5.56 Å². The van der Waals surface area contributed by atoms with Crippen LogP contribution in [0.25, 0.3) is 0 Å². The smallest absolute Gasteiger partial charge is 0.124 e. The summed E-state index contributed by atoms with van der Waals surface area (Å²) in [5.74, 6) is 0.298. The molecule has 1 aromatic rings. The first-order chi connectivity index (χ1) is 8.68. The van der Waals surface area contributed by atoms with Crippen molar-refractivity contribution in [2.75, 3.05) is 26.2 Å². The molecule has 100 valence electrons. The van der Waals surface area contributed by atoms with Crippen LogP contribution in [0, 0.1) is 0 Å². The van der Waals surface area contributed by atoms with Crippen molar-refractivity contribution in [2.45, 2.75) is 25.8 Å². The first-order valence-corrected chi connectivity index (χ1v) is 6.65. The molecule has 2 rings (SSSR count). The lowest BCUT2D eigenvalue weighted by atomic mass is 10.1. The Labute approximate surface area is 108 Å². The maximum Gasteiger partial charge on any atom is 0.124 e. The van der Waals surface area contributed by atoms with Crippen LogP contribution in [0.5, 0.6) is 11.5 Å². The molecule has 1 aliphatic heterocycles. The highest BCUT2D eigenvalue weighted by Gasteiger charge is 2.15. The monoisotopic (exact) mass is 250 g/mol. The predicted molar refractivity (Wildman–Crippen MR) is 71.9 cm³/mol. The molecule has 0 saturated carbocycles. The van der Waals surface area contributed by atoms with Gasteiger partial charge in [-0.15, -0.1) is 0 Å². The molecule has 1 atom stereocenters. The van der Waals surface area contributed by atoms with Crippen LogP contribution in [-0.4, -0.2) is 41.3 Å². The molecule has 1 unspecified atom stereocenters. The second-order valence-electron chi connectivity index (χ2n) is 4.93. The fourth-order valence-corrected chi connectivity index (χ4v) is 2.53. The molecule has 0 radical (unpaired) electrons. The largest absolute Gasteiger partial charge is 0.507 e. The van der Waals surface area contributed by atoms with Crippen LogP contribution in [0.1, 0.15) is 31.4 Å². The van der Waals surface area contributed by atoms with Crippen molar-refractivity contribution in [3.05, 3.63) is 23.8 Å². The third-order valence-electron chi connectivity index (χ3n) is 3.57. The molecule has 1 fully saturated rings. The van der Waals surface area contributed by atoms with E-state index in [9.17, 15) is 10.2 Å². The molecule has 0 aromatic heterocycles. The van der Waals surface area contributed by atoms with Gasteiger partial charge in [0.05, 0.1) is 5.56 Å². The number of hydrogen-bond acceptors (Lipinski definition) is 4. The van der Waals surface area contributed by atoms with Gasteiger partial charge in [-0.1, -0.05) is 6.07 Å². The lowest BCUT2D eigenvalue weighted by Crippen LogP contribution is -2.31. The Morgan fingerprint density at radius 3 is 2.44 bits per heavy atom. The van der Waals surface area contributed by atoms with Crippen LogP contribution < -0.4 is 5.32 Å². The molecule has 1 saturated heterocycles. The van der Waals surface area contributed by atoms with E-state index in [1.807, 2.05) is 6.92 Å². The molecular formula is C14H22N2O2. The number of nitrogens with zero attached hydrogens (tertiary/aromatic N) is 1. The van der Waals surface area contributed by atoms with Crippen LogP contribution in [0.15, 0.2) is 18.2 Å². The SMILES string of the molecule is CC(NCCN1CCCC1)c1c(O)cccc1O. The van der Waals surface area contributed by atoms with E-state index in [-0.39, 0.29) is 17.5 Å². The summed E-state index contributed by atoms with van der Waals surface area (Å²) in [6, 6.07) is 4.81.